The molecule has 2 rings (SSSR count). The second-order valence-corrected chi connectivity index (χ2v) is 5.91. The van der Waals surface area contributed by atoms with Crippen molar-refractivity contribution in [3.8, 4) is 0 Å². The average Bonchev–Trinajstić information content (AvgIpc) is 2.66. The van der Waals surface area contributed by atoms with Crippen molar-refractivity contribution < 1.29 is 8.78 Å². The van der Waals surface area contributed by atoms with E-state index in [1.54, 1.807) is 0 Å². The summed E-state index contributed by atoms with van der Waals surface area (Å²) in [4.78, 5) is 7.20. The first-order valence-electron chi connectivity index (χ1n) is 6.11. The maximum atomic E-state index is 13.5. The first-order valence-corrected chi connectivity index (χ1v) is 6.11. The van der Waals surface area contributed by atoms with Gasteiger partial charge in [0.1, 0.15) is 11.3 Å². The van der Waals surface area contributed by atoms with Crippen LogP contribution in [-0.4, -0.2) is 9.97 Å². The molecule has 4 heteroatoms. The minimum absolute atomic E-state index is 0.0890. The van der Waals surface area contributed by atoms with E-state index in [0.29, 0.717) is 17.3 Å². The van der Waals surface area contributed by atoms with Gasteiger partial charge in [-0.25, -0.2) is 13.8 Å². The van der Waals surface area contributed by atoms with Crippen molar-refractivity contribution in [1.29, 1.82) is 0 Å². The number of hydrogen-bond donors (Lipinski definition) is 1. The van der Waals surface area contributed by atoms with E-state index in [2.05, 4.69) is 37.7 Å². The van der Waals surface area contributed by atoms with E-state index in [9.17, 15) is 8.78 Å². The molecule has 0 bridgehead atoms. The summed E-state index contributed by atoms with van der Waals surface area (Å²) in [6, 6.07) is 2.64. The topological polar surface area (TPSA) is 28.7 Å². The molecule has 1 atom stereocenters. The molecule has 0 spiro atoms. The highest BCUT2D eigenvalue weighted by atomic mass is 19.2. The fourth-order valence-corrected chi connectivity index (χ4v) is 1.76. The first kappa shape index (κ1) is 13.0. The Morgan fingerprint density at radius 3 is 2.56 bits per heavy atom. The Morgan fingerprint density at radius 2 is 1.94 bits per heavy atom. The van der Waals surface area contributed by atoms with Gasteiger partial charge in [0.15, 0.2) is 11.6 Å². The van der Waals surface area contributed by atoms with Crippen molar-refractivity contribution in [2.75, 3.05) is 0 Å². The van der Waals surface area contributed by atoms with Gasteiger partial charge in [-0.3, -0.25) is 0 Å². The normalized spacial score (nSPS) is 14.1. The third-order valence-corrected chi connectivity index (χ3v) is 3.57. The number of fused-ring (bicyclic) bond motifs is 1. The molecule has 0 fully saturated rings. The number of benzene rings is 1. The summed E-state index contributed by atoms with van der Waals surface area (Å²) in [7, 11) is 0. The number of imidazole rings is 1. The number of H-pyrrole nitrogens is 1. The van der Waals surface area contributed by atoms with E-state index >= 15 is 0 Å². The van der Waals surface area contributed by atoms with Crippen LogP contribution in [0.4, 0.5) is 8.78 Å². The van der Waals surface area contributed by atoms with E-state index in [4.69, 9.17) is 0 Å². The number of rotatable bonds is 2. The number of nitrogens with zero attached hydrogens (tertiary/aromatic N) is 1. The van der Waals surface area contributed by atoms with E-state index in [0.717, 1.165) is 12.5 Å². The molecule has 1 heterocycles. The lowest BCUT2D eigenvalue weighted by molar-refractivity contribution is 0.257. The number of aromatic amines is 1. The van der Waals surface area contributed by atoms with Gasteiger partial charge in [-0.15, -0.1) is 0 Å². The molecule has 0 aliphatic rings. The summed E-state index contributed by atoms with van der Waals surface area (Å²) < 4.78 is 26.6. The second-order valence-electron chi connectivity index (χ2n) is 5.91. The summed E-state index contributed by atoms with van der Waals surface area (Å²) in [6.07, 6.45) is 0.721. The maximum absolute atomic E-state index is 13.5. The predicted molar refractivity (Wildman–Crippen MR) is 68.3 cm³/mol. The Morgan fingerprint density at radius 1 is 1.28 bits per heavy atom. The molecule has 0 radical (unpaired) electrons. The van der Waals surface area contributed by atoms with Crippen molar-refractivity contribution in [3.05, 3.63) is 29.6 Å². The summed E-state index contributed by atoms with van der Waals surface area (Å²) in [5, 5.41) is 0. The quantitative estimate of drug-likeness (QED) is 0.857. The molecule has 1 unspecified atom stereocenters. The van der Waals surface area contributed by atoms with Crippen LogP contribution in [0.1, 0.15) is 33.5 Å². The lowest BCUT2D eigenvalue weighted by Gasteiger charge is -2.26. The third kappa shape index (κ3) is 2.37. The van der Waals surface area contributed by atoms with E-state index in [1.165, 1.54) is 6.07 Å². The Hall–Kier alpha value is -1.45. The van der Waals surface area contributed by atoms with Crippen LogP contribution in [0.3, 0.4) is 0 Å². The Bertz CT molecular complexity index is 567. The molecule has 0 amide bonds. The summed E-state index contributed by atoms with van der Waals surface area (Å²) in [5.41, 5.74) is 0.791. The SMILES string of the molecule is CC(Cc1nc2c(F)c(F)ccc2[nH]1)C(C)(C)C. The van der Waals surface area contributed by atoms with Crippen molar-refractivity contribution in [3.63, 3.8) is 0 Å². The van der Waals surface area contributed by atoms with Crippen LogP contribution in [0.5, 0.6) is 0 Å². The Balaban J connectivity index is 2.34. The number of nitrogens with one attached hydrogen (secondary N) is 1. The van der Waals surface area contributed by atoms with Gasteiger partial charge in [0, 0.05) is 6.42 Å². The minimum atomic E-state index is -0.876. The van der Waals surface area contributed by atoms with E-state index in [-0.39, 0.29) is 10.9 Å². The van der Waals surface area contributed by atoms with Gasteiger partial charge in [-0.05, 0) is 23.5 Å². The monoisotopic (exact) mass is 252 g/mol. The molecule has 2 aromatic rings. The molecule has 1 N–H and O–H groups in total. The molecular weight excluding hydrogens is 234 g/mol. The van der Waals surface area contributed by atoms with Crippen LogP contribution in [0, 0.1) is 23.0 Å². The number of aromatic nitrogens is 2. The smallest absolute Gasteiger partial charge is 0.186 e. The predicted octanol–water partition coefficient (Wildman–Crippen LogP) is 4.07. The van der Waals surface area contributed by atoms with Crippen LogP contribution in [-0.2, 0) is 6.42 Å². The van der Waals surface area contributed by atoms with E-state index < -0.39 is 11.6 Å². The third-order valence-electron chi connectivity index (χ3n) is 3.57. The molecule has 0 saturated carbocycles. The highest BCUT2D eigenvalue weighted by Gasteiger charge is 2.22. The van der Waals surface area contributed by atoms with Crippen molar-refractivity contribution in [1.82, 2.24) is 9.97 Å². The van der Waals surface area contributed by atoms with Crippen molar-refractivity contribution in [2.45, 2.75) is 34.1 Å². The standard InChI is InChI=1S/C14H18F2N2/c1-8(14(2,3)4)7-11-17-10-6-5-9(15)12(16)13(10)18-11/h5-6,8H,7H2,1-4H3,(H,17,18). The van der Waals surface area contributed by atoms with Gasteiger partial charge in [-0.1, -0.05) is 27.7 Å². The van der Waals surface area contributed by atoms with Gasteiger partial charge in [0.25, 0.3) is 0 Å². The van der Waals surface area contributed by atoms with Crippen molar-refractivity contribution in [2.24, 2.45) is 11.3 Å². The van der Waals surface area contributed by atoms with Gasteiger partial charge in [0.05, 0.1) is 5.52 Å². The zero-order valence-electron chi connectivity index (χ0n) is 11.1. The molecule has 98 valence electrons. The molecular formula is C14H18F2N2. The lowest BCUT2D eigenvalue weighted by atomic mass is 9.80. The Kier molecular flexibility index (Phi) is 3.13. The van der Waals surface area contributed by atoms with Gasteiger partial charge >= 0.3 is 0 Å². The van der Waals surface area contributed by atoms with Crippen LogP contribution in [0.2, 0.25) is 0 Å². The zero-order chi connectivity index (χ0) is 13.5. The molecule has 0 saturated heterocycles. The highest BCUT2D eigenvalue weighted by molar-refractivity contribution is 5.75. The molecule has 18 heavy (non-hydrogen) atoms. The van der Waals surface area contributed by atoms with Crippen LogP contribution < -0.4 is 0 Å². The molecule has 1 aromatic heterocycles. The zero-order valence-corrected chi connectivity index (χ0v) is 11.1. The molecule has 1 aromatic carbocycles. The second kappa shape index (κ2) is 4.34. The summed E-state index contributed by atoms with van der Waals surface area (Å²) >= 11 is 0. The van der Waals surface area contributed by atoms with Crippen molar-refractivity contribution >= 4 is 11.0 Å². The van der Waals surface area contributed by atoms with E-state index in [1.807, 2.05) is 0 Å². The number of hydrogen-bond acceptors (Lipinski definition) is 1. The average molecular weight is 252 g/mol. The van der Waals surface area contributed by atoms with Gasteiger partial charge < -0.3 is 4.98 Å². The molecule has 0 aliphatic heterocycles. The van der Waals surface area contributed by atoms with Gasteiger partial charge in [-0.2, -0.15) is 0 Å². The Labute approximate surface area is 105 Å². The molecule has 2 nitrogen and oxygen atoms in total. The fourth-order valence-electron chi connectivity index (χ4n) is 1.76. The lowest BCUT2D eigenvalue weighted by Crippen LogP contribution is -2.19. The van der Waals surface area contributed by atoms with Crippen LogP contribution in [0.25, 0.3) is 11.0 Å². The first-order chi connectivity index (χ1) is 8.29. The minimum Gasteiger partial charge on any atom is -0.342 e. The van der Waals surface area contributed by atoms with Gasteiger partial charge in [0.2, 0.25) is 0 Å². The fraction of sp³-hybridized carbons (Fsp3) is 0.500. The maximum Gasteiger partial charge on any atom is 0.186 e. The van der Waals surface area contributed by atoms with Crippen LogP contribution >= 0.6 is 0 Å². The summed E-state index contributed by atoms with van der Waals surface area (Å²) in [5.74, 6) is -0.634. The molecule has 0 aliphatic carbocycles. The summed E-state index contributed by atoms with van der Waals surface area (Å²) in [6.45, 7) is 8.59. The number of halogens is 2. The largest absolute Gasteiger partial charge is 0.342 e. The van der Waals surface area contributed by atoms with Crippen LogP contribution in [0.15, 0.2) is 12.1 Å². The highest BCUT2D eigenvalue weighted by Crippen LogP contribution is 2.28.